The van der Waals surface area contributed by atoms with Crippen LogP contribution in [0.2, 0.25) is 0 Å². The number of sulfonamides is 1. The lowest BCUT2D eigenvalue weighted by molar-refractivity contribution is 0.0590. The number of hydrogen-bond acceptors (Lipinski definition) is 4. The van der Waals surface area contributed by atoms with Crippen molar-refractivity contribution in [2.45, 2.75) is 42.8 Å². The molecule has 0 radical (unpaired) electrons. The van der Waals surface area contributed by atoms with Crippen molar-refractivity contribution in [1.29, 1.82) is 0 Å². The van der Waals surface area contributed by atoms with Gasteiger partial charge in [-0.05, 0) is 43.5 Å². The van der Waals surface area contributed by atoms with E-state index in [2.05, 4.69) is 0 Å². The Kier molecular flexibility index (Phi) is 6.43. The van der Waals surface area contributed by atoms with E-state index in [4.69, 9.17) is 10.5 Å². The number of rotatable bonds is 8. The van der Waals surface area contributed by atoms with Gasteiger partial charge in [-0.1, -0.05) is 55.0 Å². The van der Waals surface area contributed by atoms with Gasteiger partial charge in [-0.15, -0.1) is 0 Å². The van der Waals surface area contributed by atoms with Crippen LogP contribution in [0.25, 0.3) is 0 Å². The van der Waals surface area contributed by atoms with Crippen LogP contribution < -0.4 is 5.73 Å². The van der Waals surface area contributed by atoms with Gasteiger partial charge in [-0.2, -0.15) is 4.31 Å². The minimum Gasteiger partial charge on any atom is -0.360 e. The van der Waals surface area contributed by atoms with Crippen LogP contribution in [0.5, 0.6) is 0 Å². The lowest BCUT2D eigenvalue weighted by Crippen LogP contribution is -2.38. The Bertz CT molecular complexity index is 781. The fourth-order valence-electron chi connectivity index (χ4n) is 3.36. The summed E-state index contributed by atoms with van der Waals surface area (Å²) in [5.41, 5.74) is 6.51. The Morgan fingerprint density at radius 1 is 0.962 bits per heavy atom. The highest BCUT2D eigenvalue weighted by atomic mass is 32.2. The highest BCUT2D eigenvalue weighted by molar-refractivity contribution is 7.89. The van der Waals surface area contributed by atoms with Gasteiger partial charge in [-0.25, -0.2) is 8.42 Å². The van der Waals surface area contributed by atoms with Crippen LogP contribution in [-0.4, -0.2) is 32.1 Å². The number of ether oxygens (including phenoxy) is 1. The third kappa shape index (κ3) is 4.15. The third-order valence-electron chi connectivity index (χ3n) is 4.70. The fraction of sp³-hybridized carbons (Fsp3) is 0.400. The van der Waals surface area contributed by atoms with Crippen LogP contribution in [0.3, 0.4) is 0 Å². The molecule has 5 nitrogen and oxygen atoms in total. The molecule has 0 aliphatic carbocycles. The summed E-state index contributed by atoms with van der Waals surface area (Å²) in [6, 6.07) is 18.0. The molecule has 140 valence electrons. The lowest BCUT2D eigenvalue weighted by atomic mass is 10.1. The molecular formula is C20H26N2O3S. The van der Waals surface area contributed by atoms with Crippen molar-refractivity contribution in [3.8, 4) is 0 Å². The Morgan fingerprint density at radius 2 is 1.62 bits per heavy atom. The van der Waals surface area contributed by atoms with Gasteiger partial charge in [0.05, 0.1) is 17.5 Å². The van der Waals surface area contributed by atoms with Gasteiger partial charge in [0.25, 0.3) is 0 Å². The molecule has 2 N–H and O–H groups in total. The zero-order valence-corrected chi connectivity index (χ0v) is 15.6. The highest BCUT2D eigenvalue weighted by Gasteiger charge is 2.43. The molecule has 2 aromatic rings. The molecule has 0 unspecified atom stereocenters. The van der Waals surface area contributed by atoms with Crippen molar-refractivity contribution >= 4 is 10.0 Å². The minimum atomic E-state index is -3.64. The van der Waals surface area contributed by atoms with Crippen molar-refractivity contribution in [2.24, 2.45) is 5.73 Å². The van der Waals surface area contributed by atoms with Crippen molar-refractivity contribution in [3.63, 3.8) is 0 Å². The molecule has 1 aliphatic heterocycles. The summed E-state index contributed by atoms with van der Waals surface area (Å²) in [6.45, 7) is 1.03. The molecule has 1 saturated heterocycles. The predicted molar refractivity (Wildman–Crippen MR) is 102 cm³/mol. The Hall–Kier alpha value is -1.73. The van der Waals surface area contributed by atoms with E-state index in [1.807, 2.05) is 36.4 Å². The van der Waals surface area contributed by atoms with Crippen LogP contribution >= 0.6 is 0 Å². The third-order valence-corrected chi connectivity index (χ3v) is 6.61. The summed E-state index contributed by atoms with van der Waals surface area (Å²) in [7, 11) is -3.64. The zero-order chi connectivity index (χ0) is 18.4. The van der Waals surface area contributed by atoms with Crippen LogP contribution in [-0.2, 0) is 14.8 Å². The van der Waals surface area contributed by atoms with E-state index in [0.29, 0.717) is 24.5 Å². The van der Waals surface area contributed by atoms with Crippen molar-refractivity contribution < 1.29 is 13.2 Å². The summed E-state index contributed by atoms with van der Waals surface area (Å²) in [4.78, 5) is 0.304. The second kappa shape index (κ2) is 8.77. The monoisotopic (exact) mass is 374 g/mol. The predicted octanol–water partition coefficient (Wildman–Crippen LogP) is 3.29. The van der Waals surface area contributed by atoms with Gasteiger partial charge in [-0.3, -0.25) is 0 Å². The molecule has 3 rings (SSSR count). The fourth-order valence-corrected chi connectivity index (χ4v) is 5.09. The molecule has 0 saturated carbocycles. The van der Waals surface area contributed by atoms with E-state index in [-0.39, 0.29) is 6.04 Å². The summed E-state index contributed by atoms with van der Waals surface area (Å²) in [5.74, 6) is 0. The number of benzene rings is 2. The Morgan fingerprint density at radius 3 is 2.27 bits per heavy atom. The molecular weight excluding hydrogens is 348 g/mol. The zero-order valence-electron chi connectivity index (χ0n) is 14.8. The maximum atomic E-state index is 13.3. The normalized spacial score (nSPS) is 21.1. The highest BCUT2D eigenvalue weighted by Crippen LogP contribution is 2.37. The molecule has 0 aromatic heterocycles. The Labute approximate surface area is 155 Å². The standard InChI is InChI=1S/C20H26N2O3S/c21-15-9-3-8-14-20-22(26(23,24)18-12-6-2-7-13-18)19(16-25-20)17-10-4-1-5-11-17/h1-2,4-7,10-13,19-20H,3,8-9,14-16,21H2/t19-,20-/m0/s1. The van der Waals surface area contributed by atoms with Crippen LogP contribution in [0.15, 0.2) is 65.6 Å². The van der Waals surface area contributed by atoms with Gasteiger partial charge >= 0.3 is 0 Å². The smallest absolute Gasteiger partial charge is 0.245 e. The number of nitrogens with two attached hydrogens (primary N) is 1. The van der Waals surface area contributed by atoms with Crippen molar-refractivity contribution in [1.82, 2.24) is 4.31 Å². The number of hydrogen-bond donors (Lipinski definition) is 1. The van der Waals surface area contributed by atoms with Crippen molar-refractivity contribution in [2.75, 3.05) is 13.2 Å². The lowest BCUT2D eigenvalue weighted by Gasteiger charge is -2.27. The first-order chi connectivity index (χ1) is 12.6. The summed E-state index contributed by atoms with van der Waals surface area (Å²) < 4.78 is 34.2. The molecule has 1 fully saturated rings. The molecule has 0 bridgehead atoms. The van der Waals surface area contributed by atoms with Gasteiger partial charge in [0.15, 0.2) is 0 Å². The Balaban J connectivity index is 1.89. The van der Waals surface area contributed by atoms with E-state index in [1.165, 1.54) is 0 Å². The summed E-state index contributed by atoms with van der Waals surface area (Å²) in [5, 5.41) is 0. The molecule has 1 aliphatic rings. The van der Waals surface area contributed by atoms with E-state index >= 15 is 0 Å². The van der Waals surface area contributed by atoms with Crippen LogP contribution in [0.1, 0.15) is 37.3 Å². The van der Waals surface area contributed by atoms with Crippen LogP contribution in [0, 0.1) is 0 Å². The van der Waals surface area contributed by atoms with Gasteiger partial charge in [0.1, 0.15) is 6.23 Å². The second-order valence-corrected chi connectivity index (χ2v) is 8.34. The maximum Gasteiger partial charge on any atom is 0.245 e. The largest absolute Gasteiger partial charge is 0.360 e. The van der Waals surface area contributed by atoms with E-state index < -0.39 is 16.3 Å². The molecule has 6 heteroatoms. The van der Waals surface area contributed by atoms with E-state index in [1.54, 1.807) is 28.6 Å². The molecule has 26 heavy (non-hydrogen) atoms. The first-order valence-electron chi connectivity index (χ1n) is 9.10. The number of unbranched alkanes of at least 4 members (excludes halogenated alkanes) is 2. The number of nitrogens with zero attached hydrogens (tertiary/aromatic N) is 1. The topological polar surface area (TPSA) is 72.6 Å². The summed E-state index contributed by atoms with van der Waals surface area (Å²) in [6.07, 6.45) is 3.05. The quantitative estimate of drug-likeness (QED) is 0.720. The second-order valence-electron chi connectivity index (χ2n) is 6.50. The molecule has 1 heterocycles. The van der Waals surface area contributed by atoms with Gasteiger partial charge < -0.3 is 10.5 Å². The summed E-state index contributed by atoms with van der Waals surface area (Å²) >= 11 is 0. The van der Waals surface area contributed by atoms with E-state index in [9.17, 15) is 8.42 Å². The maximum absolute atomic E-state index is 13.3. The molecule has 2 aromatic carbocycles. The molecule has 0 amide bonds. The van der Waals surface area contributed by atoms with Crippen LogP contribution in [0.4, 0.5) is 0 Å². The SMILES string of the molecule is NCCCCC[C@@H]1OC[C@@H](c2ccccc2)N1S(=O)(=O)c1ccccc1. The average molecular weight is 375 g/mol. The first kappa shape index (κ1) is 19.0. The van der Waals surface area contributed by atoms with Crippen molar-refractivity contribution in [3.05, 3.63) is 66.2 Å². The molecule has 0 spiro atoms. The van der Waals surface area contributed by atoms with E-state index in [0.717, 1.165) is 24.8 Å². The van der Waals surface area contributed by atoms with Gasteiger partial charge in [0, 0.05) is 0 Å². The van der Waals surface area contributed by atoms with Gasteiger partial charge in [0.2, 0.25) is 10.0 Å². The molecule has 2 atom stereocenters. The minimum absolute atomic E-state index is 0.304. The first-order valence-corrected chi connectivity index (χ1v) is 10.5. The average Bonchev–Trinajstić information content (AvgIpc) is 3.11.